The molecule has 0 aliphatic rings. The maximum atomic E-state index is 11.0. The summed E-state index contributed by atoms with van der Waals surface area (Å²) in [6, 6.07) is 14.1. The number of nitro groups is 1. The highest BCUT2D eigenvalue weighted by Crippen LogP contribution is 2.32. The molecule has 0 saturated heterocycles. The van der Waals surface area contributed by atoms with Crippen LogP contribution >= 0.6 is 0 Å². The van der Waals surface area contributed by atoms with Crippen LogP contribution in [0.25, 0.3) is 22.2 Å². The molecule has 0 radical (unpaired) electrons. The van der Waals surface area contributed by atoms with Crippen molar-refractivity contribution in [1.82, 2.24) is 15.0 Å². The quantitative estimate of drug-likeness (QED) is 0.353. The topological polar surface area (TPSA) is 106 Å². The third-order valence-corrected chi connectivity index (χ3v) is 4.16. The van der Waals surface area contributed by atoms with E-state index in [1.807, 2.05) is 50.4 Å². The van der Waals surface area contributed by atoms with Gasteiger partial charge in [-0.1, -0.05) is 32.0 Å². The van der Waals surface area contributed by atoms with E-state index in [2.05, 4.69) is 20.3 Å². The summed E-state index contributed by atoms with van der Waals surface area (Å²) in [5, 5.41) is 15.1. The third-order valence-electron chi connectivity index (χ3n) is 4.16. The van der Waals surface area contributed by atoms with Crippen LogP contribution in [-0.2, 0) is 0 Å². The predicted molar refractivity (Wildman–Crippen MR) is 114 cm³/mol. The maximum absolute atomic E-state index is 11.0. The lowest BCUT2D eigenvalue weighted by molar-refractivity contribution is -0.384. The van der Waals surface area contributed by atoms with Crippen LogP contribution in [0.15, 0.2) is 60.9 Å². The molecule has 2 heterocycles. The van der Waals surface area contributed by atoms with Crippen LogP contribution in [0.2, 0.25) is 0 Å². The molecule has 0 aliphatic heterocycles. The van der Waals surface area contributed by atoms with Gasteiger partial charge < -0.3 is 15.0 Å². The number of nitrogens with zero attached hydrogens (tertiary/aromatic N) is 3. The molecule has 2 aromatic carbocycles. The number of nitro benzene ring substituents is 1. The Morgan fingerprint density at radius 1 is 1.14 bits per heavy atom. The highest BCUT2D eigenvalue weighted by atomic mass is 16.6. The Kier molecular flexibility index (Phi) is 6.03. The van der Waals surface area contributed by atoms with Crippen LogP contribution < -0.4 is 10.1 Å². The smallest absolute Gasteiger partial charge is 0.271 e. The van der Waals surface area contributed by atoms with Crippen molar-refractivity contribution in [1.29, 1.82) is 0 Å². The molecule has 8 nitrogen and oxygen atoms in total. The molecule has 0 saturated carbocycles. The van der Waals surface area contributed by atoms with E-state index in [-0.39, 0.29) is 5.69 Å². The number of hydrogen-bond donors (Lipinski definition) is 2. The van der Waals surface area contributed by atoms with Gasteiger partial charge in [0.15, 0.2) is 0 Å². The van der Waals surface area contributed by atoms with Crippen LogP contribution in [0.5, 0.6) is 5.75 Å². The average molecular weight is 391 g/mol. The number of para-hydroxylation sites is 1. The van der Waals surface area contributed by atoms with E-state index in [1.54, 1.807) is 6.20 Å². The Balaban J connectivity index is 0.00000117. The number of H-pyrrole nitrogens is 1. The number of rotatable bonds is 5. The Bertz CT molecular complexity index is 1140. The highest BCUT2D eigenvalue weighted by molar-refractivity contribution is 5.94. The summed E-state index contributed by atoms with van der Waals surface area (Å²) in [7, 11) is 1.50. The highest BCUT2D eigenvalue weighted by Gasteiger charge is 2.13. The first-order chi connectivity index (χ1) is 14.2. The number of fused-ring (bicyclic) bond motifs is 1. The van der Waals surface area contributed by atoms with Crippen molar-refractivity contribution in [3.63, 3.8) is 0 Å². The predicted octanol–water partition coefficient (Wildman–Crippen LogP) is 5.31. The van der Waals surface area contributed by atoms with Crippen LogP contribution in [0.1, 0.15) is 13.8 Å². The van der Waals surface area contributed by atoms with Crippen molar-refractivity contribution in [2.75, 3.05) is 12.4 Å². The normalized spacial score (nSPS) is 10.2. The van der Waals surface area contributed by atoms with Crippen LogP contribution in [0, 0.1) is 10.1 Å². The molecule has 29 heavy (non-hydrogen) atoms. The Labute approximate surface area is 167 Å². The number of benzene rings is 2. The van der Waals surface area contributed by atoms with Gasteiger partial charge in [0.1, 0.15) is 5.75 Å². The number of anilines is 2. The van der Waals surface area contributed by atoms with Crippen molar-refractivity contribution in [3.05, 3.63) is 71.0 Å². The summed E-state index contributed by atoms with van der Waals surface area (Å²) in [6.07, 6.45) is 3.53. The van der Waals surface area contributed by atoms with Gasteiger partial charge in [-0.2, -0.15) is 0 Å². The molecule has 8 heteroatoms. The van der Waals surface area contributed by atoms with Crippen molar-refractivity contribution < 1.29 is 9.66 Å². The summed E-state index contributed by atoms with van der Waals surface area (Å²) in [5.74, 6) is 0.776. The molecule has 2 N–H and O–H groups in total. The minimum atomic E-state index is -0.464. The molecule has 0 bridgehead atoms. The van der Waals surface area contributed by atoms with Crippen molar-refractivity contribution in [2.45, 2.75) is 13.8 Å². The van der Waals surface area contributed by atoms with E-state index in [0.29, 0.717) is 17.4 Å². The molecule has 0 unspecified atom stereocenters. The largest absolute Gasteiger partial charge is 0.495 e. The second-order valence-electron chi connectivity index (χ2n) is 5.78. The minimum Gasteiger partial charge on any atom is -0.495 e. The summed E-state index contributed by atoms with van der Waals surface area (Å²) in [4.78, 5) is 22.6. The molecule has 0 aliphatic carbocycles. The molecule has 148 valence electrons. The average Bonchev–Trinajstić information content (AvgIpc) is 3.19. The second kappa shape index (κ2) is 8.83. The number of non-ortho nitro benzene ring substituents is 1. The Morgan fingerprint density at radius 3 is 2.69 bits per heavy atom. The van der Waals surface area contributed by atoms with Gasteiger partial charge in [-0.15, -0.1) is 0 Å². The van der Waals surface area contributed by atoms with Gasteiger partial charge in [-0.3, -0.25) is 10.1 Å². The first kappa shape index (κ1) is 19.8. The maximum Gasteiger partial charge on any atom is 0.271 e. The summed E-state index contributed by atoms with van der Waals surface area (Å²) >= 11 is 0. The fourth-order valence-electron chi connectivity index (χ4n) is 2.88. The van der Waals surface area contributed by atoms with Gasteiger partial charge in [0, 0.05) is 41.0 Å². The molecule has 4 rings (SSSR count). The van der Waals surface area contributed by atoms with E-state index < -0.39 is 4.92 Å². The van der Waals surface area contributed by atoms with Crippen LogP contribution in [0.4, 0.5) is 17.3 Å². The van der Waals surface area contributed by atoms with Gasteiger partial charge in [0.05, 0.1) is 23.4 Å². The molecular weight excluding hydrogens is 370 g/mol. The van der Waals surface area contributed by atoms with Gasteiger partial charge in [-0.05, 0) is 18.2 Å². The Hall–Kier alpha value is -3.94. The third kappa shape index (κ3) is 4.16. The number of methoxy groups -OCH3 is 1. The summed E-state index contributed by atoms with van der Waals surface area (Å²) < 4.78 is 5.27. The molecule has 0 amide bonds. The SMILES string of the molecule is CC.COc1ccc([N+](=O)[O-])cc1Nc1nccc(-c2c[nH]c3ccccc23)n1. The van der Waals surface area contributed by atoms with Gasteiger partial charge in [0.2, 0.25) is 5.95 Å². The fraction of sp³-hybridized carbons (Fsp3) is 0.143. The van der Waals surface area contributed by atoms with Crippen LogP contribution in [-0.4, -0.2) is 27.0 Å². The summed E-state index contributed by atoms with van der Waals surface area (Å²) in [5.41, 5.74) is 3.06. The molecular formula is C21H21N5O3. The zero-order valence-electron chi connectivity index (χ0n) is 16.3. The van der Waals surface area contributed by atoms with E-state index in [4.69, 9.17) is 4.74 Å². The molecule has 0 atom stereocenters. The molecule has 0 spiro atoms. The van der Waals surface area contributed by atoms with Gasteiger partial charge in [-0.25, -0.2) is 9.97 Å². The number of nitrogens with one attached hydrogen (secondary N) is 2. The van der Waals surface area contributed by atoms with E-state index in [9.17, 15) is 10.1 Å². The van der Waals surface area contributed by atoms with E-state index in [1.165, 1.54) is 25.3 Å². The standard InChI is InChI=1S/C19H15N5O3.C2H6/c1-27-18-7-6-12(24(25)26)10-17(18)23-19-20-9-8-16(22-19)14-11-21-15-5-3-2-4-13(14)15;1-2/h2-11,21H,1H3,(H,20,22,23);1-2H3. The number of aromatic nitrogens is 3. The second-order valence-corrected chi connectivity index (χ2v) is 5.78. The van der Waals surface area contributed by atoms with Crippen LogP contribution in [0.3, 0.4) is 0 Å². The van der Waals surface area contributed by atoms with Crippen molar-refractivity contribution in [3.8, 4) is 17.0 Å². The first-order valence-electron chi connectivity index (χ1n) is 9.14. The van der Waals surface area contributed by atoms with E-state index in [0.717, 1.165) is 22.2 Å². The molecule has 4 aromatic rings. The van der Waals surface area contributed by atoms with Crippen molar-refractivity contribution in [2.24, 2.45) is 0 Å². The number of aromatic amines is 1. The lowest BCUT2D eigenvalue weighted by Gasteiger charge is -2.10. The molecule has 2 aromatic heterocycles. The Morgan fingerprint density at radius 2 is 1.93 bits per heavy atom. The van der Waals surface area contributed by atoms with Crippen molar-refractivity contribution >= 4 is 28.2 Å². The first-order valence-corrected chi connectivity index (χ1v) is 9.14. The number of hydrogen-bond acceptors (Lipinski definition) is 6. The minimum absolute atomic E-state index is 0.0499. The zero-order valence-corrected chi connectivity index (χ0v) is 16.3. The van der Waals surface area contributed by atoms with Gasteiger partial charge in [0.25, 0.3) is 5.69 Å². The van der Waals surface area contributed by atoms with Gasteiger partial charge >= 0.3 is 0 Å². The monoisotopic (exact) mass is 391 g/mol. The summed E-state index contributed by atoms with van der Waals surface area (Å²) in [6.45, 7) is 4.00. The fourth-order valence-corrected chi connectivity index (χ4v) is 2.88. The number of ether oxygens (including phenoxy) is 1. The van der Waals surface area contributed by atoms with E-state index >= 15 is 0 Å². The lowest BCUT2D eigenvalue weighted by atomic mass is 10.1. The lowest BCUT2D eigenvalue weighted by Crippen LogP contribution is -2.01. The molecule has 0 fully saturated rings. The zero-order chi connectivity index (χ0) is 20.8.